The number of nitrogens with zero attached hydrogens (tertiary/aromatic N) is 1. The number of ether oxygens (including phenoxy) is 1. The van der Waals surface area contributed by atoms with Crippen LogP contribution in [0.3, 0.4) is 0 Å². The molecule has 0 aliphatic carbocycles. The lowest BCUT2D eigenvalue weighted by molar-refractivity contribution is -0.151. The summed E-state index contributed by atoms with van der Waals surface area (Å²) in [6.45, 7) is 1.50. The molecule has 0 saturated carbocycles. The van der Waals surface area contributed by atoms with E-state index in [4.69, 9.17) is 10.8 Å². The van der Waals surface area contributed by atoms with Crippen LogP contribution in [0.25, 0.3) is 0 Å². The Morgan fingerprint density at radius 1 is 1.27 bits per heavy atom. The number of carboxylic acid groups (broad SMARTS) is 1. The fourth-order valence-corrected chi connectivity index (χ4v) is 1.88. The molecule has 0 bridgehead atoms. The van der Waals surface area contributed by atoms with Crippen molar-refractivity contribution in [1.82, 2.24) is 4.90 Å². The molecule has 120 valence electrons. The van der Waals surface area contributed by atoms with Crippen LogP contribution in [0.4, 0.5) is 0 Å². The Balaban J connectivity index is 2.92. The Hall–Kier alpha value is -2.41. The molecule has 0 spiro atoms. The van der Waals surface area contributed by atoms with Gasteiger partial charge in [-0.2, -0.15) is 0 Å². The maximum Gasteiger partial charge on any atom is 0.326 e. The maximum absolute atomic E-state index is 12.4. The molecule has 0 heterocycles. The molecule has 1 rings (SSSR count). The number of nitrogens with two attached hydrogens (primary N) is 1. The highest BCUT2D eigenvalue weighted by atomic mass is 16.5. The minimum atomic E-state index is -1.14. The SMILES string of the molecule is COC(=O)C[C@@H](N)C(=O)N(Cc1ccccc1)[C@H](C)C(=O)O. The number of amides is 1. The Morgan fingerprint density at radius 2 is 1.86 bits per heavy atom. The van der Waals surface area contributed by atoms with E-state index in [0.717, 1.165) is 10.5 Å². The molecule has 1 aromatic carbocycles. The van der Waals surface area contributed by atoms with Gasteiger partial charge in [-0.25, -0.2) is 4.79 Å². The minimum Gasteiger partial charge on any atom is -0.480 e. The Labute approximate surface area is 128 Å². The van der Waals surface area contributed by atoms with Crippen molar-refractivity contribution in [3.8, 4) is 0 Å². The molecule has 7 heteroatoms. The summed E-state index contributed by atoms with van der Waals surface area (Å²) in [5.41, 5.74) is 6.47. The van der Waals surface area contributed by atoms with Crippen molar-refractivity contribution in [2.24, 2.45) is 5.73 Å². The second-order valence-electron chi connectivity index (χ2n) is 4.85. The zero-order valence-corrected chi connectivity index (χ0v) is 12.6. The smallest absolute Gasteiger partial charge is 0.326 e. The summed E-state index contributed by atoms with van der Waals surface area (Å²) >= 11 is 0. The Morgan fingerprint density at radius 3 is 2.36 bits per heavy atom. The van der Waals surface area contributed by atoms with E-state index in [1.165, 1.54) is 14.0 Å². The van der Waals surface area contributed by atoms with Crippen molar-refractivity contribution in [3.63, 3.8) is 0 Å². The Bertz CT molecular complexity index is 532. The molecule has 1 amide bonds. The fourth-order valence-electron chi connectivity index (χ4n) is 1.88. The highest BCUT2D eigenvalue weighted by Crippen LogP contribution is 2.11. The molecule has 7 nitrogen and oxygen atoms in total. The first-order valence-corrected chi connectivity index (χ1v) is 6.76. The molecule has 22 heavy (non-hydrogen) atoms. The van der Waals surface area contributed by atoms with Crippen LogP contribution in [-0.4, -0.2) is 47.0 Å². The first-order valence-electron chi connectivity index (χ1n) is 6.76. The number of rotatable bonds is 7. The van der Waals surface area contributed by atoms with Gasteiger partial charge >= 0.3 is 11.9 Å². The van der Waals surface area contributed by atoms with Crippen LogP contribution in [0.1, 0.15) is 18.9 Å². The molecular weight excluding hydrogens is 288 g/mol. The maximum atomic E-state index is 12.4. The number of carbonyl (C=O) groups excluding carboxylic acids is 2. The third-order valence-electron chi connectivity index (χ3n) is 3.24. The van der Waals surface area contributed by atoms with Gasteiger partial charge in [-0.1, -0.05) is 30.3 Å². The van der Waals surface area contributed by atoms with Crippen LogP contribution >= 0.6 is 0 Å². The van der Waals surface area contributed by atoms with Gasteiger partial charge < -0.3 is 20.5 Å². The van der Waals surface area contributed by atoms with Crippen LogP contribution in [0, 0.1) is 0 Å². The van der Waals surface area contributed by atoms with Gasteiger partial charge in [-0.15, -0.1) is 0 Å². The fraction of sp³-hybridized carbons (Fsp3) is 0.400. The molecule has 0 saturated heterocycles. The van der Waals surface area contributed by atoms with Crippen molar-refractivity contribution in [3.05, 3.63) is 35.9 Å². The number of hydrogen-bond acceptors (Lipinski definition) is 5. The summed E-state index contributed by atoms with van der Waals surface area (Å²) in [5.74, 6) is -2.37. The highest BCUT2D eigenvalue weighted by Gasteiger charge is 2.30. The van der Waals surface area contributed by atoms with Crippen molar-refractivity contribution in [2.75, 3.05) is 7.11 Å². The summed E-state index contributed by atoms with van der Waals surface area (Å²) in [7, 11) is 1.20. The zero-order valence-electron chi connectivity index (χ0n) is 12.6. The van der Waals surface area contributed by atoms with E-state index in [2.05, 4.69) is 4.74 Å². The van der Waals surface area contributed by atoms with E-state index in [1.54, 1.807) is 24.3 Å². The predicted octanol–water partition coefficient (Wildman–Crippen LogP) is 0.379. The highest BCUT2D eigenvalue weighted by molar-refractivity contribution is 5.89. The van der Waals surface area contributed by atoms with Crippen molar-refractivity contribution in [1.29, 1.82) is 0 Å². The Kier molecular flexibility index (Phi) is 6.52. The van der Waals surface area contributed by atoms with Crippen LogP contribution < -0.4 is 5.73 Å². The lowest BCUT2D eigenvalue weighted by Gasteiger charge is -2.29. The van der Waals surface area contributed by atoms with Crippen molar-refractivity contribution >= 4 is 17.8 Å². The van der Waals surface area contributed by atoms with Crippen LogP contribution in [0.15, 0.2) is 30.3 Å². The number of hydrogen-bond donors (Lipinski definition) is 2. The van der Waals surface area contributed by atoms with Gasteiger partial charge in [0.15, 0.2) is 0 Å². The monoisotopic (exact) mass is 308 g/mol. The van der Waals surface area contributed by atoms with Crippen LogP contribution in [0.5, 0.6) is 0 Å². The normalized spacial score (nSPS) is 13.0. The lowest BCUT2D eigenvalue weighted by atomic mass is 10.1. The minimum absolute atomic E-state index is 0.0992. The molecule has 0 aliphatic rings. The lowest BCUT2D eigenvalue weighted by Crippen LogP contribution is -2.50. The number of aliphatic carboxylic acids is 1. The summed E-state index contributed by atoms with van der Waals surface area (Å²) < 4.78 is 4.47. The molecule has 0 aromatic heterocycles. The third-order valence-corrected chi connectivity index (χ3v) is 3.24. The van der Waals surface area contributed by atoms with Crippen LogP contribution in [0.2, 0.25) is 0 Å². The molecule has 1 aromatic rings. The van der Waals surface area contributed by atoms with Gasteiger partial charge in [-0.05, 0) is 12.5 Å². The summed E-state index contributed by atoms with van der Waals surface area (Å²) in [6, 6.07) is 6.75. The summed E-state index contributed by atoms with van der Waals surface area (Å²) in [6.07, 6.45) is -0.299. The van der Waals surface area contributed by atoms with E-state index in [9.17, 15) is 14.4 Å². The summed E-state index contributed by atoms with van der Waals surface area (Å²) in [5, 5.41) is 9.16. The average molecular weight is 308 g/mol. The van der Waals surface area contributed by atoms with E-state index in [0.29, 0.717) is 0 Å². The zero-order chi connectivity index (χ0) is 16.7. The molecule has 0 radical (unpaired) electrons. The predicted molar refractivity (Wildman–Crippen MR) is 78.7 cm³/mol. The first-order chi connectivity index (χ1) is 10.4. The van der Waals surface area contributed by atoms with Crippen LogP contribution in [-0.2, 0) is 25.7 Å². The second-order valence-corrected chi connectivity index (χ2v) is 4.85. The van der Waals surface area contributed by atoms with Gasteiger partial charge in [0.05, 0.1) is 19.6 Å². The standard InChI is InChI=1S/C15H20N2O5/c1-10(15(20)21)17(9-11-6-4-3-5-7-11)14(19)12(16)8-13(18)22-2/h3-7,10,12H,8-9,16H2,1-2H3,(H,20,21)/t10-,12-/m1/s1. The van der Waals surface area contributed by atoms with E-state index in [1.807, 2.05) is 6.07 Å². The molecule has 0 aliphatic heterocycles. The van der Waals surface area contributed by atoms with Gasteiger partial charge in [0.25, 0.3) is 0 Å². The van der Waals surface area contributed by atoms with Gasteiger partial charge in [0, 0.05) is 6.54 Å². The third kappa shape index (κ3) is 4.85. The largest absolute Gasteiger partial charge is 0.480 e. The van der Waals surface area contributed by atoms with E-state index < -0.39 is 29.9 Å². The van der Waals surface area contributed by atoms with Gasteiger partial charge in [-0.3, -0.25) is 9.59 Å². The molecule has 3 N–H and O–H groups in total. The topological polar surface area (TPSA) is 110 Å². The van der Waals surface area contributed by atoms with E-state index >= 15 is 0 Å². The summed E-state index contributed by atoms with van der Waals surface area (Å²) in [4.78, 5) is 36.0. The average Bonchev–Trinajstić information content (AvgIpc) is 2.51. The number of esters is 1. The van der Waals surface area contributed by atoms with Crippen molar-refractivity contribution in [2.45, 2.75) is 32.0 Å². The molecular formula is C15H20N2O5. The van der Waals surface area contributed by atoms with E-state index in [-0.39, 0.29) is 13.0 Å². The number of carbonyl (C=O) groups is 3. The first kappa shape index (κ1) is 17.6. The molecule has 0 fully saturated rings. The number of carboxylic acids is 1. The van der Waals surface area contributed by atoms with Gasteiger partial charge in [0.1, 0.15) is 6.04 Å². The molecule has 2 atom stereocenters. The quantitative estimate of drug-likeness (QED) is 0.705. The molecule has 0 unspecified atom stereocenters. The number of benzene rings is 1. The number of methoxy groups -OCH3 is 1. The second kappa shape index (κ2) is 8.14. The van der Waals surface area contributed by atoms with Crippen molar-refractivity contribution < 1.29 is 24.2 Å². The van der Waals surface area contributed by atoms with Gasteiger partial charge in [0.2, 0.25) is 5.91 Å².